The van der Waals surface area contributed by atoms with E-state index in [-0.39, 0.29) is 24.3 Å². The summed E-state index contributed by atoms with van der Waals surface area (Å²) in [6.45, 7) is 3.07. The second kappa shape index (κ2) is 12.7. The molecule has 2 N–H and O–H groups in total. The largest absolute Gasteiger partial charge is 0.376 e. The fourth-order valence-electron chi connectivity index (χ4n) is 5.49. The number of hydrogen-bond acceptors (Lipinski definition) is 4. The van der Waals surface area contributed by atoms with Crippen LogP contribution in [-0.4, -0.2) is 44.2 Å². The molecular weight excluding hydrogens is 474 g/mol. The van der Waals surface area contributed by atoms with Crippen molar-refractivity contribution in [2.24, 2.45) is 5.92 Å². The Kier molecular flexibility index (Phi) is 8.71. The molecule has 2 fully saturated rings. The van der Waals surface area contributed by atoms with Gasteiger partial charge in [-0.1, -0.05) is 60.7 Å². The summed E-state index contributed by atoms with van der Waals surface area (Å²) >= 11 is 0. The van der Waals surface area contributed by atoms with E-state index in [0.717, 1.165) is 63.1 Å². The molecule has 38 heavy (non-hydrogen) atoms. The Hall–Kier alpha value is -3.64. The van der Waals surface area contributed by atoms with Gasteiger partial charge in [-0.2, -0.15) is 0 Å². The molecular formula is C32H37N3O3. The van der Waals surface area contributed by atoms with E-state index in [0.29, 0.717) is 23.7 Å². The van der Waals surface area contributed by atoms with Crippen molar-refractivity contribution in [3.8, 4) is 0 Å². The van der Waals surface area contributed by atoms with Crippen molar-refractivity contribution < 1.29 is 14.3 Å². The molecule has 6 nitrogen and oxygen atoms in total. The highest BCUT2D eigenvalue weighted by Crippen LogP contribution is 2.30. The minimum atomic E-state index is -0.124. The van der Waals surface area contributed by atoms with E-state index >= 15 is 0 Å². The van der Waals surface area contributed by atoms with Crippen LogP contribution in [0.5, 0.6) is 0 Å². The minimum Gasteiger partial charge on any atom is -0.376 e. The van der Waals surface area contributed by atoms with Gasteiger partial charge in [-0.25, -0.2) is 0 Å². The van der Waals surface area contributed by atoms with Crippen LogP contribution in [0.15, 0.2) is 78.9 Å². The fourth-order valence-corrected chi connectivity index (χ4v) is 5.49. The molecule has 3 aromatic carbocycles. The van der Waals surface area contributed by atoms with Gasteiger partial charge in [0.1, 0.15) is 0 Å². The number of benzene rings is 3. The van der Waals surface area contributed by atoms with Crippen LogP contribution < -0.4 is 15.5 Å². The summed E-state index contributed by atoms with van der Waals surface area (Å²) in [6, 6.07) is 26.0. The summed E-state index contributed by atoms with van der Waals surface area (Å²) in [5.74, 6) is 0.416. The van der Waals surface area contributed by atoms with Crippen molar-refractivity contribution in [3.63, 3.8) is 0 Å². The molecule has 0 aliphatic carbocycles. The van der Waals surface area contributed by atoms with Gasteiger partial charge in [0, 0.05) is 37.6 Å². The second-order valence-electron chi connectivity index (χ2n) is 10.4. The van der Waals surface area contributed by atoms with Crippen LogP contribution in [-0.2, 0) is 22.4 Å². The van der Waals surface area contributed by atoms with Gasteiger partial charge in [-0.15, -0.1) is 0 Å². The first-order valence-corrected chi connectivity index (χ1v) is 13.8. The van der Waals surface area contributed by atoms with Gasteiger partial charge in [0.15, 0.2) is 0 Å². The van der Waals surface area contributed by atoms with Crippen LogP contribution in [0.4, 0.5) is 11.4 Å². The predicted octanol–water partition coefficient (Wildman–Crippen LogP) is 5.24. The highest BCUT2D eigenvalue weighted by molar-refractivity contribution is 6.02. The minimum absolute atomic E-state index is 0.0740. The van der Waals surface area contributed by atoms with E-state index in [9.17, 15) is 9.59 Å². The number of carbonyl (C=O) groups excluding carboxylic acids is 2. The van der Waals surface area contributed by atoms with E-state index in [1.165, 1.54) is 5.56 Å². The first-order valence-electron chi connectivity index (χ1n) is 13.8. The van der Waals surface area contributed by atoms with Gasteiger partial charge >= 0.3 is 0 Å². The van der Waals surface area contributed by atoms with Gasteiger partial charge in [-0.05, 0) is 67.3 Å². The second-order valence-corrected chi connectivity index (χ2v) is 10.4. The number of ether oxygens (including phenoxy) is 1. The van der Waals surface area contributed by atoms with E-state index in [1.807, 2.05) is 48.5 Å². The van der Waals surface area contributed by atoms with Crippen molar-refractivity contribution >= 4 is 23.2 Å². The maximum absolute atomic E-state index is 13.4. The molecule has 2 amide bonds. The standard InChI is InChI=1S/C32H37N3O3/c36-31(21-25-10-5-2-6-11-25)34-27-13-14-30(29(22-27)32(37)33-23-28-12-7-19-38-28)35-17-15-26(16-18-35)20-24-8-3-1-4-9-24/h1-6,8-11,13-14,22,26,28H,7,12,15-21,23H2,(H,33,37)(H,34,36). The average molecular weight is 512 g/mol. The maximum atomic E-state index is 13.4. The summed E-state index contributed by atoms with van der Waals surface area (Å²) in [6.07, 6.45) is 5.63. The number of nitrogens with one attached hydrogen (secondary N) is 2. The fraction of sp³-hybridized carbons (Fsp3) is 0.375. The Bertz CT molecular complexity index is 1200. The van der Waals surface area contributed by atoms with E-state index in [1.54, 1.807) is 0 Å². The molecule has 0 aromatic heterocycles. The molecule has 2 aliphatic heterocycles. The summed E-state index contributed by atoms with van der Waals surface area (Å²) in [5, 5.41) is 6.06. The summed E-state index contributed by atoms with van der Waals surface area (Å²) in [4.78, 5) is 28.4. The number of rotatable bonds is 9. The Morgan fingerprint density at radius 1 is 0.868 bits per heavy atom. The zero-order chi connectivity index (χ0) is 26.2. The molecule has 2 aliphatic rings. The van der Waals surface area contributed by atoms with Gasteiger partial charge < -0.3 is 20.3 Å². The topological polar surface area (TPSA) is 70.7 Å². The highest BCUT2D eigenvalue weighted by atomic mass is 16.5. The Morgan fingerprint density at radius 3 is 2.26 bits per heavy atom. The van der Waals surface area contributed by atoms with Crippen LogP contribution >= 0.6 is 0 Å². The molecule has 0 radical (unpaired) electrons. The van der Waals surface area contributed by atoms with Crippen LogP contribution in [0.1, 0.15) is 47.2 Å². The molecule has 2 saturated heterocycles. The van der Waals surface area contributed by atoms with Gasteiger partial charge in [0.25, 0.3) is 5.91 Å². The molecule has 1 unspecified atom stereocenters. The predicted molar refractivity (Wildman–Crippen MR) is 152 cm³/mol. The number of carbonyl (C=O) groups is 2. The van der Waals surface area contributed by atoms with Gasteiger partial charge in [0.2, 0.25) is 5.91 Å². The lowest BCUT2D eigenvalue weighted by Gasteiger charge is -2.35. The zero-order valence-corrected chi connectivity index (χ0v) is 21.9. The number of anilines is 2. The third-order valence-corrected chi connectivity index (χ3v) is 7.57. The van der Waals surface area contributed by atoms with Crippen LogP contribution in [0.2, 0.25) is 0 Å². The third kappa shape index (κ3) is 7.01. The van der Waals surface area contributed by atoms with E-state index in [4.69, 9.17) is 4.74 Å². The Morgan fingerprint density at radius 2 is 1.58 bits per heavy atom. The lowest BCUT2D eigenvalue weighted by atomic mass is 9.89. The van der Waals surface area contributed by atoms with Crippen LogP contribution in [0.25, 0.3) is 0 Å². The monoisotopic (exact) mass is 511 g/mol. The lowest BCUT2D eigenvalue weighted by Crippen LogP contribution is -2.37. The molecule has 6 heteroatoms. The first-order chi connectivity index (χ1) is 18.6. The SMILES string of the molecule is O=C(Cc1ccccc1)Nc1ccc(N2CCC(Cc3ccccc3)CC2)c(C(=O)NCC2CCCO2)c1. The van der Waals surface area contributed by atoms with Crippen molar-refractivity contribution in [1.29, 1.82) is 0 Å². The van der Waals surface area contributed by atoms with Crippen LogP contribution in [0.3, 0.4) is 0 Å². The van der Waals surface area contributed by atoms with E-state index < -0.39 is 0 Å². The summed E-state index contributed by atoms with van der Waals surface area (Å²) in [7, 11) is 0. The number of piperidine rings is 1. The Balaban J connectivity index is 1.27. The molecule has 198 valence electrons. The first kappa shape index (κ1) is 26.0. The molecule has 0 bridgehead atoms. The third-order valence-electron chi connectivity index (χ3n) is 7.57. The molecule has 2 heterocycles. The summed E-state index contributed by atoms with van der Waals surface area (Å²) in [5.41, 5.74) is 4.50. The lowest BCUT2D eigenvalue weighted by molar-refractivity contribution is -0.115. The van der Waals surface area contributed by atoms with Crippen LogP contribution in [0, 0.1) is 5.92 Å². The molecule has 3 aromatic rings. The normalized spacial score (nSPS) is 17.8. The number of nitrogens with zero attached hydrogens (tertiary/aromatic N) is 1. The molecule has 1 atom stereocenters. The smallest absolute Gasteiger partial charge is 0.253 e. The van der Waals surface area contributed by atoms with Gasteiger partial charge in [0.05, 0.1) is 18.1 Å². The van der Waals surface area contributed by atoms with Gasteiger partial charge in [-0.3, -0.25) is 9.59 Å². The highest BCUT2D eigenvalue weighted by Gasteiger charge is 2.25. The van der Waals surface area contributed by atoms with Crippen molar-refractivity contribution in [1.82, 2.24) is 5.32 Å². The Labute approximate surface area is 225 Å². The number of hydrogen-bond donors (Lipinski definition) is 2. The van der Waals surface area contributed by atoms with Crippen molar-refractivity contribution in [2.75, 3.05) is 36.5 Å². The quantitative estimate of drug-likeness (QED) is 0.412. The molecule has 0 spiro atoms. The van der Waals surface area contributed by atoms with Crippen molar-refractivity contribution in [3.05, 3.63) is 95.6 Å². The average Bonchev–Trinajstić information content (AvgIpc) is 3.47. The van der Waals surface area contributed by atoms with Crippen molar-refractivity contribution in [2.45, 2.75) is 44.6 Å². The molecule has 5 rings (SSSR count). The van der Waals surface area contributed by atoms with E-state index in [2.05, 4.69) is 45.9 Å². The maximum Gasteiger partial charge on any atom is 0.253 e. The summed E-state index contributed by atoms with van der Waals surface area (Å²) < 4.78 is 5.70. The number of amides is 2. The zero-order valence-electron chi connectivity index (χ0n) is 21.9. The molecule has 0 saturated carbocycles.